The Balaban J connectivity index is 1.63. The molecule has 1 N–H and O–H groups in total. The molecule has 118 valence electrons. The zero-order valence-corrected chi connectivity index (χ0v) is 13.2. The minimum absolute atomic E-state index is 0.706. The number of hydrogen-bond acceptors (Lipinski definition) is 4. The number of ether oxygens (including phenoxy) is 1. The van der Waals surface area contributed by atoms with Gasteiger partial charge < -0.3 is 15.0 Å². The second kappa shape index (κ2) is 7.77. The van der Waals surface area contributed by atoms with Gasteiger partial charge >= 0.3 is 0 Å². The summed E-state index contributed by atoms with van der Waals surface area (Å²) in [5, 5.41) is 12.4. The lowest BCUT2D eigenvalue weighted by atomic mass is 10.1. The maximum Gasteiger partial charge on any atom is 0.0991 e. The molecule has 0 aromatic heterocycles. The minimum Gasteiger partial charge on any atom is -0.378 e. The van der Waals surface area contributed by atoms with Crippen molar-refractivity contribution in [2.24, 2.45) is 0 Å². The van der Waals surface area contributed by atoms with Crippen molar-refractivity contribution in [2.75, 3.05) is 31.2 Å². The summed E-state index contributed by atoms with van der Waals surface area (Å²) in [6, 6.07) is 18.4. The number of para-hydroxylation sites is 1. The Bertz CT molecular complexity index is 687. The lowest BCUT2D eigenvalue weighted by molar-refractivity contribution is 0.122. The van der Waals surface area contributed by atoms with Crippen LogP contribution in [-0.2, 0) is 17.8 Å². The van der Waals surface area contributed by atoms with E-state index >= 15 is 0 Å². The summed E-state index contributed by atoms with van der Waals surface area (Å²) in [6.07, 6.45) is 0. The molecule has 1 aliphatic rings. The summed E-state index contributed by atoms with van der Waals surface area (Å²) >= 11 is 0. The Labute approximate surface area is 137 Å². The van der Waals surface area contributed by atoms with Crippen molar-refractivity contribution >= 4 is 5.69 Å². The van der Waals surface area contributed by atoms with E-state index < -0.39 is 0 Å². The SMILES string of the molecule is N#Cc1cccc(CNCc2ccccc2N2CCOCC2)c1. The quantitative estimate of drug-likeness (QED) is 0.922. The van der Waals surface area contributed by atoms with Crippen molar-refractivity contribution in [2.45, 2.75) is 13.1 Å². The van der Waals surface area contributed by atoms with Gasteiger partial charge in [-0.15, -0.1) is 0 Å². The van der Waals surface area contributed by atoms with Crippen molar-refractivity contribution in [3.8, 4) is 6.07 Å². The van der Waals surface area contributed by atoms with Gasteiger partial charge in [0.25, 0.3) is 0 Å². The van der Waals surface area contributed by atoms with Crippen molar-refractivity contribution in [3.63, 3.8) is 0 Å². The zero-order valence-electron chi connectivity index (χ0n) is 13.2. The fourth-order valence-electron chi connectivity index (χ4n) is 2.87. The Hall–Kier alpha value is -2.35. The van der Waals surface area contributed by atoms with Gasteiger partial charge in [-0.2, -0.15) is 5.26 Å². The highest BCUT2D eigenvalue weighted by Gasteiger charge is 2.13. The third-order valence-electron chi connectivity index (χ3n) is 4.04. The highest BCUT2D eigenvalue weighted by molar-refractivity contribution is 5.53. The number of benzene rings is 2. The first-order chi connectivity index (χ1) is 11.4. The largest absolute Gasteiger partial charge is 0.378 e. The third-order valence-corrected chi connectivity index (χ3v) is 4.04. The van der Waals surface area contributed by atoms with Crippen LogP contribution in [-0.4, -0.2) is 26.3 Å². The van der Waals surface area contributed by atoms with E-state index in [4.69, 9.17) is 10.00 Å². The van der Waals surface area contributed by atoms with Gasteiger partial charge in [-0.05, 0) is 29.3 Å². The molecule has 0 saturated carbocycles. The predicted molar refractivity (Wildman–Crippen MR) is 91.2 cm³/mol. The van der Waals surface area contributed by atoms with Crippen molar-refractivity contribution in [1.29, 1.82) is 5.26 Å². The molecule has 2 aromatic rings. The highest BCUT2D eigenvalue weighted by Crippen LogP contribution is 2.21. The molecule has 0 aliphatic carbocycles. The lowest BCUT2D eigenvalue weighted by Gasteiger charge is -2.30. The number of nitrogens with one attached hydrogen (secondary N) is 1. The molecule has 0 unspecified atom stereocenters. The minimum atomic E-state index is 0.706. The van der Waals surface area contributed by atoms with Gasteiger partial charge in [0.2, 0.25) is 0 Å². The molecule has 4 nitrogen and oxygen atoms in total. The van der Waals surface area contributed by atoms with Gasteiger partial charge in [-0.3, -0.25) is 0 Å². The predicted octanol–water partition coefficient (Wildman–Crippen LogP) is 2.68. The van der Waals surface area contributed by atoms with Crippen LogP contribution in [0.4, 0.5) is 5.69 Å². The highest BCUT2D eigenvalue weighted by atomic mass is 16.5. The Morgan fingerprint density at radius 2 is 1.87 bits per heavy atom. The van der Waals surface area contributed by atoms with Crippen LogP contribution in [0, 0.1) is 11.3 Å². The number of morpholine rings is 1. The summed E-state index contributed by atoms with van der Waals surface area (Å²) in [7, 11) is 0. The summed E-state index contributed by atoms with van der Waals surface area (Å²) in [5.41, 5.74) is 4.42. The van der Waals surface area contributed by atoms with E-state index in [2.05, 4.69) is 40.6 Å². The van der Waals surface area contributed by atoms with Crippen LogP contribution >= 0.6 is 0 Å². The van der Waals surface area contributed by atoms with Crippen LogP contribution in [0.25, 0.3) is 0 Å². The fraction of sp³-hybridized carbons (Fsp3) is 0.316. The van der Waals surface area contributed by atoms with E-state index in [0.717, 1.165) is 45.0 Å². The fourth-order valence-corrected chi connectivity index (χ4v) is 2.87. The Kier molecular flexibility index (Phi) is 5.25. The van der Waals surface area contributed by atoms with Crippen LogP contribution in [0.15, 0.2) is 48.5 Å². The molecule has 4 heteroatoms. The molecule has 0 spiro atoms. The summed E-state index contributed by atoms with van der Waals surface area (Å²) in [4.78, 5) is 2.39. The van der Waals surface area contributed by atoms with Crippen LogP contribution in [0.3, 0.4) is 0 Å². The molecule has 0 amide bonds. The zero-order chi connectivity index (χ0) is 15.9. The number of rotatable bonds is 5. The molecule has 1 fully saturated rings. The molecular formula is C19H21N3O. The first kappa shape index (κ1) is 15.5. The summed E-state index contributed by atoms with van der Waals surface area (Å²) in [6.45, 7) is 5.05. The maximum atomic E-state index is 8.96. The second-order valence-corrected chi connectivity index (χ2v) is 5.64. The van der Waals surface area contributed by atoms with E-state index in [1.165, 1.54) is 11.3 Å². The normalized spacial score (nSPS) is 14.5. The molecule has 1 aliphatic heterocycles. The average Bonchev–Trinajstić information content (AvgIpc) is 2.63. The van der Waals surface area contributed by atoms with Crippen molar-refractivity contribution in [1.82, 2.24) is 5.32 Å². The van der Waals surface area contributed by atoms with Crippen LogP contribution in [0.2, 0.25) is 0 Å². The van der Waals surface area contributed by atoms with Gasteiger partial charge in [0, 0.05) is 31.9 Å². The molecule has 3 rings (SSSR count). The monoisotopic (exact) mass is 307 g/mol. The summed E-state index contributed by atoms with van der Waals surface area (Å²) < 4.78 is 5.44. The van der Waals surface area contributed by atoms with Gasteiger partial charge in [0.1, 0.15) is 0 Å². The Morgan fingerprint density at radius 1 is 1.04 bits per heavy atom. The van der Waals surface area contributed by atoms with E-state index in [0.29, 0.717) is 5.56 Å². The molecule has 1 heterocycles. The molecule has 23 heavy (non-hydrogen) atoms. The molecule has 1 saturated heterocycles. The molecule has 0 atom stereocenters. The van der Waals surface area contributed by atoms with E-state index in [1.807, 2.05) is 24.3 Å². The van der Waals surface area contributed by atoms with Crippen LogP contribution < -0.4 is 10.2 Å². The van der Waals surface area contributed by atoms with Crippen LogP contribution in [0.1, 0.15) is 16.7 Å². The molecular weight excluding hydrogens is 286 g/mol. The van der Waals surface area contributed by atoms with E-state index in [9.17, 15) is 0 Å². The third kappa shape index (κ3) is 4.10. The number of anilines is 1. The number of hydrogen-bond donors (Lipinski definition) is 1. The van der Waals surface area contributed by atoms with Gasteiger partial charge in [0.15, 0.2) is 0 Å². The topological polar surface area (TPSA) is 48.3 Å². The van der Waals surface area contributed by atoms with Crippen LogP contribution in [0.5, 0.6) is 0 Å². The number of nitriles is 1. The lowest BCUT2D eigenvalue weighted by Crippen LogP contribution is -2.37. The van der Waals surface area contributed by atoms with Crippen molar-refractivity contribution in [3.05, 3.63) is 65.2 Å². The first-order valence-corrected chi connectivity index (χ1v) is 7.97. The summed E-state index contributed by atoms with van der Waals surface area (Å²) in [5.74, 6) is 0. The van der Waals surface area contributed by atoms with Gasteiger partial charge in [-0.1, -0.05) is 30.3 Å². The second-order valence-electron chi connectivity index (χ2n) is 5.64. The van der Waals surface area contributed by atoms with E-state index in [-0.39, 0.29) is 0 Å². The molecule has 0 bridgehead atoms. The van der Waals surface area contributed by atoms with Gasteiger partial charge in [-0.25, -0.2) is 0 Å². The average molecular weight is 307 g/mol. The van der Waals surface area contributed by atoms with Gasteiger partial charge in [0.05, 0.1) is 24.8 Å². The first-order valence-electron chi connectivity index (χ1n) is 7.97. The maximum absolute atomic E-state index is 8.96. The Morgan fingerprint density at radius 3 is 2.70 bits per heavy atom. The smallest absolute Gasteiger partial charge is 0.0991 e. The molecule has 2 aromatic carbocycles. The van der Waals surface area contributed by atoms with E-state index in [1.54, 1.807) is 0 Å². The number of nitrogens with zero attached hydrogens (tertiary/aromatic N) is 2. The molecule has 0 radical (unpaired) electrons. The van der Waals surface area contributed by atoms with Crippen molar-refractivity contribution < 1.29 is 4.74 Å². The standard InChI is InChI=1S/C19H21N3O/c20-13-16-4-3-5-17(12-16)14-21-15-18-6-1-2-7-19(18)22-8-10-23-11-9-22/h1-7,12,21H,8-11,14-15H2.